The number of anilines is 1. The molecule has 3 N–H and O–H groups in total. The van der Waals surface area contributed by atoms with Crippen molar-refractivity contribution in [3.63, 3.8) is 0 Å². The highest BCUT2D eigenvalue weighted by Crippen LogP contribution is 2.18. The fourth-order valence-corrected chi connectivity index (χ4v) is 2.02. The van der Waals surface area contributed by atoms with Crippen molar-refractivity contribution in [2.75, 3.05) is 18.8 Å². The maximum absolute atomic E-state index is 10.9. The largest absolute Gasteiger partial charge is 0.385 e. The molecule has 0 saturated carbocycles. The quantitative estimate of drug-likeness (QED) is 0.767. The van der Waals surface area contributed by atoms with Gasteiger partial charge in [0, 0.05) is 18.3 Å². The first-order valence-corrected chi connectivity index (χ1v) is 5.71. The van der Waals surface area contributed by atoms with Crippen LogP contribution in [0, 0.1) is 5.92 Å². The number of nitrogens with two attached hydrogens (primary N) is 1. The molecule has 0 amide bonds. The van der Waals surface area contributed by atoms with E-state index in [4.69, 9.17) is 5.73 Å². The van der Waals surface area contributed by atoms with Crippen LogP contribution in [0.2, 0.25) is 0 Å². The van der Waals surface area contributed by atoms with E-state index in [1.807, 2.05) is 0 Å². The molecule has 1 aromatic rings. The van der Waals surface area contributed by atoms with Crippen molar-refractivity contribution < 1.29 is 0 Å². The average molecular weight is 222 g/mol. The lowest BCUT2D eigenvalue weighted by atomic mass is 9.99. The van der Waals surface area contributed by atoms with Gasteiger partial charge < -0.3 is 5.73 Å². The molecule has 0 spiro atoms. The molecule has 2 rings (SSSR count). The van der Waals surface area contributed by atoms with E-state index < -0.39 is 0 Å². The lowest BCUT2D eigenvalue weighted by Gasteiger charge is -2.30. The Hall–Kier alpha value is -1.36. The van der Waals surface area contributed by atoms with E-state index in [2.05, 4.69) is 21.8 Å². The van der Waals surface area contributed by atoms with Gasteiger partial charge in [-0.15, -0.1) is 0 Å². The third-order valence-electron chi connectivity index (χ3n) is 3.20. The first-order valence-electron chi connectivity index (χ1n) is 5.71. The molecule has 0 aliphatic carbocycles. The van der Waals surface area contributed by atoms with Gasteiger partial charge >= 0.3 is 5.69 Å². The fourth-order valence-electron chi connectivity index (χ4n) is 2.02. The maximum Gasteiger partial charge on any atom is 0.346 e. The highest BCUT2D eigenvalue weighted by Gasteiger charge is 2.16. The normalized spacial score (nSPS) is 18.8. The highest BCUT2D eigenvalue weighted by molar-refractivity contribution is 5.36. The predicted octanol–water partition coefficient (Wildman–Crippen LogP) is 0.584. The summed E-state index contributed by atoms with van der Waals surface area (Å²) in [6.07, 6.45) is 4.04. The second-order valence-electron chi connectivity index (χ2n) is 4.59. The Morgan fingerprint density at radius 3 is 2.88 bits per heavy atom. The predicted molar refractivity (Wildman–Crippen MR) is 62.9 cm³/mol. The van der Waals surface area contributed by atoms with Crippen LogP contribution in [0.5, 0.6) is 0 Å². The Balaban J connectivity index is 2.01. The number of aromatic amines is 1. The minimum absolute atomic E-state index is 0.381. The molecular weight excluding hydrogens is 204 g/mol. The molecule has 16 heavy (non-hydrogen) atoms. The minimum Gasteiger partial charge on any atom is -0.385 e. The maximum atomic E-state index is 10.9. The van der Waals surface area contributed by atoms with Gasteiger partial charge in [-0.05, 0) is 31.8 Å². The number of likely N-dealkylation sites (tertiary alicyclic amines) is 1. The van der Waals surface area contributed by atoms with Gasteiger partial charge in [0.15, 0.2) is 0 Å². The monoisotopic (exact) mass is 222 g/mol. The third kappa shape index (κ3) is 2.61. The molecule has 5 nitrogen and oxygen atoms in total. The minimum atomic E-state index is -0.381. The highest BCUT2D eigenvalue weighted by atomic mass is 16.1. The molecule has 0 aromatic carbocycles. The van der Waals surface area contributed by atoms with Gasteiger partial charge in [0.2, 0.25) is 0 Å². The fraction of sp³-hybridized carbons (Fsp3) is 0.636. The molecule has 5 heteroatoms. The van der Waals surface area contributed by atoms with Crippen molar-refractivity contribution in [3.05, 3.63) is 22.2 Å². The summed E-state index contributed by atoms with van der Waals surface area (Å²) in [6.45, 7) is 5.26. The summed E-state index contributed by atoms with van der Waals surface area (Å²) in [5.74, 6) is 1.26. The molecular formula is C11H18N4O. The van der Waals surface area contributed by atoms with Gasteiger partial charge in [-0.3, -0.25) is 9.88 Å². The van der Waals surface area contributed by atoms with Crippen LogP contribution in [0.1, 0.15) is 25.3 Å². The standard InChI is InChI=1S/C11H18N4O/c1-8-2-4-15(5-3-8)7-9-6-13-11(16)14-10(9)12/h6,8H,2-5,7H2,1H3,(H3,12,13,14,16). The molecule has 0 radical (unpaired) electrons. The summed E-state index contributed by atoms with van der Waals surface area (Å²) in [4.78, 5) is 19.5. The molecule has 1 aromatic heterocycles. The lowest BCUT2D eigenvalue weighted by molar-refractivity contribution is 0.185. The summed E-state index contributed by atoms with van der Waals surface area (Å²) < 4.78 is 0. The number of H-pyrrole nitrogens is 1. The van der Waals surface area contributed by atoms with Crippen LogP contribution in [0.4, 0.5) is 5.82 Å². The third-order valence-corrected chi connectivity index (χ3v) is 3.20. The van der Waals surface area contributed by atoms with Gasteiger partial charge in [-0.1, -0.05) is 6.92 Å². The summed E-state index contributed by atoms with van der Waals surface area (Å²) in [6, 6.07) is 0. The second kappa shape index (κ2) is 4.65. The number of hydrogen-bond acceptors (Lipinski definition) is 4. The van der Waals surface area contributed by atoms with Crippen molar-refractivity contribution in [2.45, 2.75) is 26.3 Å². The van der Waals surface area contributed by atoms with E-state index in [1.54, 1.807) is 6.20 Å². The Kier molecular flexibility index (Phi) is 3.24. The van der Waals surface area contributed by atoms with E-state index >= 15 is 0 Å². The summed E-state index contributed by atoms with van der Waals surface area (Å²) >= 11 is 0. The Morgan fingerprint density at radius 1 is 1.56 bits per heavy atom. The van der Waals surface area contributed by atoms with Crippen molar-refractivity contribution >= 4 is 5.82 Å². The van der Waals surface area contributed by atoms with Gasteiger partial charge in [0.1, 0.15) is 5.82 Å². The van der Waals surface area contributed by atoms with E-state index in [0.29, 0.717) is 5.82 Å². The molecule has 1 fully saturated rings. The Bertz CT molecular complexity index is 407. The molecule has 1 aliphatic rings. The number of nitrogens with one attached hydrogen (secondary N) is 1. The van der Waals surface area contributed by atoms with Gasteiger partial charge in [0.25, 0.3) is 0 Å². The van der Waals surface area contributed by atoms with E-state index in [1.165, 1.54) is 12.8 Å². The number of nitrogen functional groups attached to an aromatic ring is 1. The molecule has 0 unspecified atom stereocenters. The van der Waals surface area contributed by atoms with Crippen molar-refractivity contribution in [1.29, 1.82) is 0 Å². The summed E-state index contributed by atoms with van der Waals surface area (Å²) in [5, 5.41) is 0. The van der Waals surface area contributed by atoms with E-state index in [-0.39, 0.29) is 5.69 Å². The Morgan fingerprint density at radius 2 is 2.25 bits per heavy atom. The molecule has 2 heterocycles. The van der Waals surface area contributed by atoms with Crippen LogP contribution in [0.3, 0.4) is 0 Å². The molecule has 0 bridgehead atoms. The van der Waals surface area contributed by atoms with Crippen molar-refractivity contribution in [2.24, 2.45) is 5.92 Å². The van der Waals surface area contributed by atoms with Crippen molar-refractivity contribution in [1.82, 2.24) is 14.9 Å². The van der Waals surface area contributed by atoms with E-state index in [9.17, 15) is 4.79 Å². The van der Waals surface area contributed by atoms with Gasteiger partial charge in [-0.25, -0.2) is 9.78 Å². The average Bonchev–Trinajstić information content (AvgIpc) is 2.25. The molecule has 1 saturated heterocycles. The summed E-state index contributed by atoms with van der Waals surface area (Å²) in [7, 11) is 0. The summed E-state index contributed by atoms with van der Waals surface area (Å²) in [5.41, 5.74) is 6.27. The number of hydrogen-bond donors (Lipinski definition) is 2. The molecule has 0 atom stereocenters. The zero-order chi connectivity index (χ0) is 11.5. The zero-order valence-electron chi connectivity index (χ0n) is 9.57. The van der Waals surface area contributed by atoms with Crippen LogP contribution in [-0.4, -0.2) is 28.0 Å². The number of nitrogens with zero attached hydrogens (tertiary/aromatic N) is 2. The Labute approximate surface area is 94.7 Å². The topological polar surface area (TPSA) is 75.0 Å². The van der Waals surface area contributed by atoms with Crippen LogP contribution >= 0.6 is 0 Å². The van der Waals surface area contributed by atoms with Crippen LogP contribution in [-0.2, 0) is 6.54 Å². The second-order valence-corrected chi connectivity index (χ2v) is 4.59. The van der Waals surface area contributed by atoms with Crippen molar-refractivity contribution in [3.8, 4) is 0 Å². The first-order chi connectivity index (χ1) is 7.65. The van der Waals surface area contributed by atoms with Gasteiger partial charge in [-0.2, -0.15) is 0 Å². The number of aromatic nitrogens is 2. The molecule has 1 aliphatic heterocycles. The number of piperidine rings is 1. The molecule has 88 valence electrons. The zero-order valence-corrected chi connectivity index (χ0v) is 9.57. The number of rotatable bonds is 2. The van der Waals surface area contributed by atoms with Crippen LogP contribution in [0.25, 0.3) is 0 Å². The van der Waals surface area contributed by atoms with Crippen LogP contribution < -0.4 is 11.4 Å². The smallest absolute Gasteiger partial charge is 0.346 e. The SMILES string of the molecule is CC1CCN(Cc2cnc(=O)[nH]c2N)CC1. The first kappa shape index (κ1) is 11.1. The lowest BCUT2D eigenvalue weighted by Crippen LogP contribution is -2.33. The van der Waals surface area contributed by atoms with Crippen LogP contribution in [0.15, 0.2) is 11.0 Å². The van der Waals surface area contributed by atoms with Gasteiger partial charge in [0.05, 0.1) is 0 Å². The van der Waals surface area contributed by atoms with E-state index in [0.717, 1.165) is 31.1 Å².